The van der Waals surface area contributed by atoms with Crippen molar-refractivity contribution >= 4 is 5.91 Å². The summed E-state index contributed by atoms with van der Waals surface area (Å²) in [6.45, 7) is 9.40. The molecule has 1 N–H and O–H groups in total. The van der Waals surface area contributed by atoms with E-state index in [9.17, 15) is 9.18 Å². The summed E-state index contributed by atoms with van der Waals surface area (Å²) in [5.41, 5.74) is 2.98. The number of rotatable bonds is 6. The lowest BCUT2D eigenvalue weighted by atomic mass is 9.98. The van der Waals surface area contributed by atoms with Gasteiger partial charge in [-0.1, -0.05) is 27.7 Å². The number of nitrogens with zero attached hydrogens (tertiary/aromatic N) is 2. The zero-order valence-corrected chi connectivity index (χ0v) is 16.5. The van der Waals surface area contributed by atoms with E-state index in [-0.39, 0.29) is 29.7 Å². The van der Waals surface area contributed by atoms with Gasteiger partial charge in [0, 0.05) is 13.2 Å². The first-order valence-corrected chi connectivity index (χ1v) is 9.67. The Morgan fingerprint density at radius 2 is 1.96 bits per heavy atom. The number of amides is 1. The summed E-state index contributed by atoms with van der Waals surface area (Å²) in [5, 5.41) is 7.76. The van der Waals surface area contributed by atoms with Crippen molar-refractivity contribution in [2.75, 3.05) is 13.2 Å². The van der Waals surface area contributed by atoms with E-state index in [2.05, 4.69) is 5.32 Å². The molecule has 146 valence electrons. The predicted molar refractivity (Wildman–Crippen MR) is 103 cm³/mol. The molecule has 1 fully saturated rings. The van der Waals surface area contributed by atoms with Crippen LogP contribution >= 0.6 is 0 Å². The molecule has 1 saturated heterocycles. The largest absolute Gasteiger partial charge is 0.376 e. The van der Waals surface area contributed by atoms with E-state index in [1.54, 1.807) is 16.8 Å². The summed E-state index contributed by atoms with van der Waals surface area (Å²) >= 11 is 0. The van der Waals surface area contributed by atoms with Crippen LogP contribution in [0.5, 0.6) is 0 Å². The molecule has 1 atom stereocenters. The minimum Gasteiger partial charge on any atom is -0.376 e. The number of nitrogens with one attached hydrogen (secondary N) is 1. The monoisotopic (exact) mass is 373 g/mol. The molecule has 0 saturated carbocycles. The number of carbonyl (C=O) groups is 1. The van der Waals surface area contributed by atoms with Crippen molar-refractivity contribution in [2.24, 2.45) is 0 Å². The minimum absolute atomic E-state index is 0.0820. The first kappa shape index (κ1) is 19.5. The normalized spacial score (nSPS) is 17.1. The maximum absolute atomic E-state index is 13.3. The van der Waals surface area contributed by atoms with Crippen LogP contribution in [0, 0.1) is 5.82 Å². The highest BCUT2D eigenvalue weighted by atomic mass is 19.1. The number of ether oxygens (including phenoxy) is 1. The molecule has 0 bridgehead atoms. The molecule has 0 aliphatic carbocycles. The van der Waals surface area contributed by atoms with Gasteiger partial charge in [-0.2, -0.15) is 5.10 Å². The van der Waals surface area contributed by atoms with Gasteiger partial charge in [-0.05, 0) is 48.9 Å². The fraction of sp³-hybridized carbons (Fsp3) is 0.524. The lowest BCUT2D eigenvalue weighted by molar-refractivity contribution is 0.0855. The Bertz CT molecular complexity index is 791. The van der Waals surface area contributed by atoms with Crippen LogP contribution in [-0.4, -0.2) is 34.9 Å². The Labute approximate surface area is 159 Å². The number of hydrogen-bond acceptors (Lipinski definition) is 3. The van der Waals surface area contributed by atoms with Crippen molar-refractivity contribution in [3.05, 3.63) is 47.0 Å². The molecule has 3 rings (SSSR count). The highest BCUT2D eigenvalue weighted by Crippen LogP contribution is 2.30. The molecule has 1 aromatic carbocycles. The SMILES string of the molecule is CC(C)c1nn(-c2ccc(F)cc2)c(C(C)C)c1C(=O)NC[C@H]1CCCO1. The van der Waals surface area contributed by atoms with Crippen molar-refractivity contribution in [3.63, 3.8) is 0 Å². The highest BCUT2D eigenvalue weighted by Gasteiger charge is 2.28. The molecule has 2 aromatic rings. The fourth-order valence-electron chi connectivity index (χ4n) is 3.50. The van der Waals surface area contributed by atoms with E-state index < -0.39 is 0 Å². The average Bonchev–Trinajstić information content (AvgIpc) is 3.28. The standard InChI is InChI=1S/C21H28FN3O2/c1-13(2)19-18(21(26)23-12-17-6-5-11-27-17)20(14(3)4)25(24-19)16-9-7-15(22)8-10-16/h7-10,13-14,17H,5-6,11-12H2,1-4H3,(H,23,26)/t17-/m1/s1. The second-order valence-electron chi connectivity index (χ2n) is 7.69. The third kappa shape index (κ3) is 4.21. The summed E-state index contributed by atoms with van der Waals surface area (Å²) in [7, 11) is 0. The number of carbonyl (C=O) groups excluding carboxylic acids is 1. The van der Waals surface area contributed by atoms with Crippen molar-refractivity contribution in [1.29, 1.82) is 0 Å². The van der Waals surface area contributed by atoms with Crippen LogP contribution in [0.15, 0.2) is 24.3 Å². The Kier molecular flexibility index (Phi) is 5.95. The molecule has 2 heterocycles. The van der Waals surface area contributed by atoms with Crippen LogP contribution in [0.3, 0.4) is 0 Å². The molecule has 0 radical (unpaired) electrons. The van der Waals surface area contributed by atoms with Gasteiger partial charge in [0.2, 0.25) is 0 Å². The van der Waals surface area contributed by atoms with Crippen LogP contribution in [-0.2, 0) is 4.74 Å². The molecule has 0 unspecified atom stereocenters. The summed E-state index contributed by atoms with van der Waals surface area (Å²) in [5.74, 6) is -0.243. The van der Waals surface area contributed by atoms with E-state index in [0.29, 0.717) is 12.1 Å². The summed E-state index contributed by atoms with van der Waals surface area (Å²) in [6, 6.07) is 6.19. The van der Waals surface area contributed by atoms with Crippen LogP contribution in [0.4, 0.5) is 4.39 Å². The molecular formula is C21H28FN3O2. The van der Waals surface area contributed by atoms with Crippen LogP contribution < -0.4 is 5.32 Å². The second-order valence-corrected chi connectivity index (χ2v) is 7.69. The number of benzene rings is 1. The van der Waals surface area contributed by atoms with E-state index in [1.807, 2.05) is 27.7 Å². The third-order valence-corrected chi connectivity index (χ3v) is 4.85. The van der Waals surface area contributed by atoms with Gasteiger partial charge < -0.3 is 10.1 Å². The van der Waals surface area contributed by atoms with Gasteiger partial charge in [0.25, 0.3) is 5.91 Å². The number of hydrogen-bond donors (Lipinski definition) is 1. The Balaban J connectivity index is 1.99. The van der Waals surface area contributed by atoms with Gasteiger partial charge >= 0.3 is 0 Å². The molecule has 1 amide bonds. The molecule has 5 nitrogen and oxygen atoms in total. The molecule has 1 aromatic heterocycles. The topological polar surface area (TPSA) is 56.2 Å². The van der Waals surface area contributed by atoms with Gasteiger partial charge in [0.15, 0.2) is 0 Å². The van der Waals surface area contributed by atoms with E-state index in [0.717, 1.165) is 36.5 Å². The first-order chi connectivity index (χ1) is 12.9. The minimum atomic E-state index is -0.296. The molecule has 1 aliphatic heterocycles. The van der Waals surface area contributed by atoms with Crippen LogP contribution in [0.1, 0.15) is 74.1 Å². The maximum Gasteiger partial charge on any atom is 0.255 e. The maximum atomic E-state index is 13.3. The Morgan fingerprint density at radius 1 is 1.26 bits per heavy atom. The quantitative estimate of drug-likeness (QED) is 0.827. The summed E-state index contributed by atoms with van der Waals surface area (Å²) in [4.78, 5) is 13.1. The average molecular weight is 373 g/mol. The van der Waals surface area contributed by atoms with Crippen molar-refractivity contribution in [2.45, 2.75) is 58.5 Å². The smallest absolute Gasteiger partial charge is 0.255 e. The van der Waals surface area contributed by atoms with E-state index in [4.69, 9.17) is 9.84 Å². The lowest BCUT2D eigenvalue weighted by Gasteiger charge is -2.15. The van der Waals surface area contributed by atoms with Gasteiger partial charge in [0.1, 0.15) is 5.82 Å². The van der Waals surface area contributed by atoms with E-state index >= 15 is 0 Å². The molecule has 0 spiro atoms. The van der Waals surface area contributed by atoms with Crippen molar-refractivity contribution in [1.82, 2.24) is 15.1 Å². The summed E-state index contributed by atoms with van der Waals surface area (Å²) in [6.07, 6.45) is 2.10. The predicted octanol–water partition coefficient (Wildman–Crippen LogP) is 4.17. The fourth-order valence-corrected chi connectivity index (χ4v) is 3.50. The lowest BCUT2D eigenvalue weighted by Crippen LogP contribution is -2.33. The molecule has 27 heavy (non-hydrogen) atoms. The third-order valence-electron chi connectivity index (χ3n) is 4.85. The Morgan fingerprint density at radius 3 is 2.52 bits per heavy atom. The van der Waals surface area contributed by atoms with Crippen molar-refractivity contribution < 1.29 is 13.9 Å². The first-order valence-electron chi connectivity index (χ1n) is 9.67. The van der Waals surface area contributed by atoms with Crippen LogP contribution in [0.25, 0.3) is 5.69 Å². The molecule has 1 aliphatic rings. The molecular weight excluding hydrogens is 345 g/mol. The summed E-state index contributed by atoms with van der Waals surface area (Å²) < 4.78 is 20.7. The van der Waals surface area contributed by atoms with Gasteiger partial charge in [-0.25, -0.2) is 9.07 Å². The zero-order chi connectivity index (χ0) is 19.6. The van der Waals surface area contributed by atoms with Gasteiger partial charge in [-0.3, -0.25) is 4.79 Å². The number of halogens is 1. The highest BCUT2D eigenvalue weighted by molar-refractivity contribution is 5.97. The molecule has 6 heteroatoms. The van der Waals surface area contributed by atoms with E-state index in [1.165, 1.54) is 12.1 Å². The number of aromatic nitrogens is 2. The zero-order valence-electron chi connectivity index (χ0n) is 16.5. The van der Waals surface area contributed by atoms with Crippen molar-refractivity contribution in [3.8, 4) is 5.69 Å². The van der Waals surface area contributed by atoms with Gasteiger partial charge in [0.05, 0.1) is 28.7 Å². The second kappa shape index (κ2) is 8.21. The Hall–Kier alpha value is -2.21. The van der Waals surface area contributed by atoms with Gasteiger partial charge in [-0.15, -0.1) is 0 Å². The van der Waals surface area contributed by atoms with Crippen LogP contribution in [0.2, 0.25) is 0 Å².